The SMILES string of the molecule is O=C(c1cccc(OC[C@@H]2CCCN(C(=O)c3ccc(F)c(F)c3)C2)c1)N1CCCCC1. The lowest BCUT2D eigenvalue weighted by Crippen LogP contribution is -2.41. The average Bonchev–Trinajstić information content (AvgIpc) is 2.84. The lowest BCUT2D eigenvalue weighted by Gasteiger charge is -2.32. The molecule has 2 aliphatic rings. The zero-order valence-electron chi connectivity index (χ0n) is 18.1. The van der Waals surface area contributed by atoms with Crippen LogP contribution < -0.4 is 4.74 Å². The molecule has 4 rings (SSSR count). The first kappa shape index (κ1) is 22.2. The van der Waals surface area contributed by atoms with E-state index in [1.807, 2.05) is 23.1 Å². The Kier molecular flexibility index (Phi) is 7.02. The van der Waals surface area contributed by atoms with E-state index in [0.717, 1.165) is 50.9 Å². The Balaban J connectivity index is 1.34. The van der Waals surface area contributed by atoms with Crippen molar-refractivity contribution in [2.24, 2.45) is 5.92 Å². The third-order valence-electron chi connectivity index (χ3n) is 6.18. The summed E-state index contributed by atoms with van der Waals surface area (Å²) in [5, 5.41) is 0. The van der Waals surface area contributed by atoms with Crippen LogP contribution in [0.4, 0.5) is 8.78 Å². The number of ether oxygens (including phenoxy) is 1. The minimum Gasteiger partial charge on any atom is -0.493 e. The number of halogens is 2. The molecule has 32 heavy (non-hydrogen) atoms. The molecule has 2 aliphatic heterocycles. The van der Waals surface area contributed by atoms with Gasteiger partial charge in [0, 0.05) is 43.2 Å². The second-order valence-corrected chi connectivity index (χ2v) is 8.58. The van der Waals surface area contributed by atoms with E-state index in [9.17, 15) is 18.4 Å². The van der Waals surface area contributed by atoms with Gasteiger partial charge in [-0.1, -0.05) is 6.07 Å². The maximum atomic E-state index is 13.5. The first-order valence-corrected chi connectivity index (χ1v) is 11.3. The van der Waals surface area contributed by atoms with Gasteiger partial charge in [0.25, 0.3) is 11.8 Å². The molecule has 0 N–H and O–H groups in total. The molecule has 0 aliphatic carbocycles. The second kappa shape index (κ2) is 10.1. The Morgan fingerprint density at radius 1 is 0.844 bits per heavy atom. The normalized spacial score (nSPS) is 19.0. The second-order valence-electron chi connectivity index (χ2n) is 8.58. The number of nitrogens with zero attached hydrogens (tertiary/aromatic N) is 2. The average molecular weight is 443 g/mol. The summed E-state index contributed by atoms with van der Waals surface area (Å²) >= 11 is 0. The van der Waals surface area contributed by atoms with E-state index in [0.29, 0.717) is 31.0 Å². The number of carbonyl (C=O) groups excluding carboxylic acids is 2. The van der Waals surface area contributed by atoms with Crippen molar-refractivity contribution in [1.29, 1.82) is 0 Å². The molecule has 2 heterocycles. The molecule has 0 saturated carbocycles. The predicted molar refractivity (Wildman–Crippen MR) is 117 cm³/mol. The number of amides is 2. The summed E-state index contributed by atoms with van der Waals surface area (Å²) in [5.74, 6) is -1.49. The van der Waals surface area contributed by atoms with E-state index in [-0.39, 0.29) is 23.3 Å². The lowest BCUT2D eigenvalue weighted by molar-refractivity contribution is 0.0631. The van der Waals surface area contributed by atoms with Crippen LogP contribution in [0, 0.1) is 17.6 Å². The zero-order valence-corrected chi connectivity index (χ0v) is 18.1. The van der Waals surface area contributed by atoms with Crippen LogP contribution >= 0.6 is 0 Å². The summed E-state index contributed by atoms with van der Waals surface area (Å²) in [6.07, 6.45) is 4.99. The largest absolute Gasteiger partial charge is 0.493 e. The monoisotopic (exact) mass is 442 g/mol. The molecule has 0 radical (unpaired) electrons. The van der Waals surface area contributed by atoms with Crippen LogP contribution in [0.3, 0.4) is 0 Å². The molecular formula is C25H28F2N2O3. The lowest BCUT2D eigenvalue weighted by atomic mass is 9.98. The molecule has 0 unspecified atom stereocenters. The number of carbonyl (C=O) groups is 2. The van der Waals surface area contributed by atoms with E-state index >= 15 is 0 Å². The van der Waals surface area contributed by atoms with Gasteiger partial charge in [-0.2, -0.15) is 0 Å². The Morgan fingerprint density at radius 2 is 1.56 bits per heavy atom. The van der Waals surface area contributed by atoms with E-state index < -0.39 is 11.6 Å². The van der Waals surface area contributed by atoms with Crippen molar-refractivity contribution in [2.75, 3.05) is 32.8 Å². The number of likely N-dealkylation sites (tertiary alicyclic amines) is 2. The number of hydrogen-bond acceptors (Lipinski definition) is 3. The topological polar surface area (TPSA) is 49.9 Å². The molecule has 2 aromatic rings. The van der Waals surface area contributed by atoms with Gasteiger partial charge in [0.1, 0.15) is 5.75 Å². The van der Waals surface area contributed by atoms with Crippen LogP contribution in [0.25, 0.3) is 0 Å². The number of hydrogen-bond donors (Lipinski definition) is 0. The van der Waals surface area contributed by atoms with Gasteiger partial charge >= 0.3 is 0 Å². The fourth-order valence-corrected chi connectivity index (χ4v) is 4.41. The third kappa shape index (κ3) is 5.26. The van der Waals surface area contributed by atoms with Gasteiger partial charge in [0.15, 0.2) is 11.6 Å². The van der Waals surface area contributed by atoms with Crippen molar-refractivity contribution in [1.82, 2.24) is 9.80 Å². The van der Waals surface area contributed by atoms with Crippen molar-refractivity contribution >= 4 is 11.8 Å². The van der Waals surface area contributed by atoms with Crippen LogP contribution in [0.2, 0.25) is 0 Å². The van der Waals surface area contributed by atoms with Crippen LogP contribution in [0.5, 0.6) is 5.75 Å². The molecule has 2 aromatic carbocycles. The number of piperidine rings is 2. The van der Waals surface area contributed by atoms with Gasteiger partial charge in [0.2, 0.25) is 0 Å². The predicted octanol–water partition coefficient (Wildman–Crippen LogP) is 4.52. The molecule has 0 bridgehead atoms. The molecule has 170 valence electrons. The molecule has 7 heteroatoms. The first-order chi connectivity index (χ1) is 15.5. The highest BCUT2D eigenvalue weighted by molar-refractivity contribution is 5.95. The molecule has 5 nitrogen and oxygen atoms in total. The van der Waals surface area contributed by atoms with Gasteiger partial charge in [-0.3, -0.25) is 9.59 Å². The highest BCUT2D eigenvalue weighted by atomic mass is 19.2. The highest BCUT2D eigenvalue weighted by Crippen LogP contribution is 2.23. The minimum atomic E-state index is -1.02. The quantitative estimate of drug-likeness (QED) is 0.684. The van der Waals surface area contributed by atoms with Gasteiger partial charge in [-0.15, -0.1) is 0 Å². The standard InChI is InChI=1S/C25H28F2N2O3/c26-22-10-9-20(15-23(22)27)25(31)29-13-5-6-18(16-29)17-32-21-8-4-7-19(14-21)24(30)28-11-2-1-3-12-28/h4,7-10,14-15,18H,1-3,5-6,11-13,16-17H2/t18-/m1/s1. The summed E-state index contributed by atoms with van der Waals surface area (Å²) in [5.41, 5.74) is 0.776. The van der Waals surface area contributed by atoms with Crippen molar-refractivity contribution in [3.05, 3.63) is 65.2 Å². The van der Waals surface area contributed by atoms with Gasteiger partial charge in [-0.25, -0.2) is 8.78 Å². The van der Waals surface area contributed by atoms with Gasteiger partial charge in [-0.05, 0) is 68.5 Å². The molecular weight excluding hydrogens is 414 g/mol. The highest BCUT2D eigenvalue weighted by Gasteiger charge is 2.26. The summed E-state index contributed by atoms with van der Waals surface area (Å²) < 4.78 is 32.7. The van der Waals surface area contributed by atoms with Crippen LogP contribution in [-0.4, -0.2) is 54.4 Å². The summed E-state index contributed by atoms with van der Waals surface area (Å²) in [6, 6.07) is 10.5. The van der Waals surface area contributed by atoms with Crippen molar-refractivity contribution in [3.63, 3.8) is 0 Å². The van der Waals surface area contributed by atoms with E-state index in [1.54, 1.807) is 11.0 Å². The van der Waals surface area contributed by atoms with Crippen molar-refractivity contribution < 1.29 is 23.1 Å². The summed E-state index contributed by atoms with van der Waals surface area (Å²) in [4.78, 5) is 29.0. The number of benzene rings is 2. The Bertz CT molecular complexity index is 975. The smallest absolute Gasteiger partial charge is 0.253 e. The zero-order chi connectivity index (χ0) is 22.5. The number of rotatable bonds is 5. The Labute approximate surface area is 187 Å². The summed E-state index contributed by atoms with van der Waals surface area (Å²) in [7, 11) is 0. The van der Waals surface area contributed by atoms with Gasteiger partial charge in [0.05, 0.1) is 6.61 Å². The van der Waals surface area contributed by atoms with Crippen LogP contribution in [0.1, 0.15) is 52.8 Å². The van der Waals surface area contributed by atoms with E-state index in [2.05, 4.69) is 0 Å². The molecule has 0 spiro atoms. The van der Waals surface area contributed by atoms with Crippen LogP contribution in [0.15, 0.2) is 42.5 Å². The molecule has 2 saturated heterocycles. The van der Waals surface area contributed by atoms with E-state index in [1.165, 1.54) is 12.5 Å². The fraction of sp³-hybridized carbons (Fsp3) is 0.440. The van der Waals surface area contributed by atoms with Crippen LogP contribution in [-0.2, 0) is 0 Å². The maximum Gasteiger partial charge on any atom is 0.253 e. The van der Waals surface area contributed by atoms with Gasteiger partial charge < -0.3 is 14.5 Å². The molecule has 0 aromatic heterocycles. The first-order valence-electron chi connectivity index (χ1n) is 11.3. The third-order valence-corrected chi connectivity index (χ3v) is 6.18. The summed E-state index contributed by atoms with van der Waals surface area (Å²) in [6.45, 7) is 3.09. The van der Waals surface area contributed by atoms with Crippen molar-refractivity contribution in [3.8, 4) is 5.75 Å². The molecule has 1 atom stereocenters. The van der Waals surface area contributed by atoms with E-state index in [4.69, 9.17) is 4.74 Å². The molecule has 2 amide bonds. The Hall–Kier alpha value is -2.96. The molecule has 2 fully saturated rings. The fourth-order valence-electron chi connectivity index (χ4n) is 4.41. The minimum absolute atomic E-state index is 0.0381. The van der Waals surface area contributed by atoms with Crippen molar-refractivity contribution in [2.45, 2.75) is 32.1 Å². The maximum absolute atomic E-state index is 13.5. The Morgan fingerprint density at radius 3 is 2.34 bits per heavy atom.